The van der Waals surface area contributed by atoms with Crippen LogP contribution in [0.3, 0.4) is 0 Å². The van der Waals surface area contributed by atoms with Crippen molar-refractivity contribution in [2.45, 2.75) is 13.5 Å². The van der Waals surface area contributed by atoms with E-state index in [1.54, 1.807) is 24.3 Å². The maximum Gasteiger partial charge on any atom is 0.319 e. The Morgan fingerprint density at radius 1 is 1.17 bits per heavy atom. The first-order valence-corrected chi connectivity index (χ1v) is 7.45. The molecule has 2 aromatic carbocycles. The van der Waals surface area contributed by atoms with Crippen LogP contribution in [0.15, 0.2) is 53.5 Å². The lowest BCUT2D eigenvalue weighted by Gasteiger charge is -2.09. The summed E-state index contributed by atoms with van der Waals surface area (Å²) in [5, 5.41) is 5.68. The molecule has 0 fully saturated rings. The highest BCUT2D eigenvalue weighted by Crippen LogP contribution is 2.14. The minimum Gasteiger partial charge on any atom is -0.359 e. The monoisotopic (exact) mass is 325 g/mol. The quantitative estimate of drug-likeness (QED) is 0.691. The SMILES string of the molecule is Cc1cccc2c(=O)c(NC(=O)NCc3ccc(F)cc3)c[nH]c12. The van der Waals surface area contributed by atoms with Crippen molar-refractivity contribution in [2.75, 3.05) is 5.32 Å². The zero-order chi connectivity index (χ0) is 17.1. The van der Waals surface area contributed by atoms with E-state index in [1.807, 2.05) is 13.0 Å². The standard InChI is InChI=1S/C18H16FN3O2/c1-11-3-2-4-14-16(11)20-10-15(17(14)23)22-18(24)21-9-12-5-7-13(19)8-6-12/h2-8,10H,9H2,1H3,(H,20,23)(H2,21,22,24). The normalized spacial score (nSPS) is 10.6. The van der Waals surface area contributed by atoms with Crippen molar-refractivity contribution >= 4 is 22.6 Å². The molecule has 0 saturated carbocycles. The fourth-order valence-corrected chi connectivity index (χ4v) is 2.45. The second kappa shape index (κ2) is 6.54. The number of anilines is 1. The van der Waals surface area contributed by atoms with Gasteiger partial charge in [-0.15, -0.1) is 0 Å². The van der Waals surface area contributed by atoms with Gasteiger partial charge in [0.25, 0.3) is 0 Å². The molecular weight excluding hydrogens is 309 g/mol. The number of carbonyl (C=O) groups excluding carboxylic acids is 1. The Morgan fingerprint density at radius 2 is 1.92 bits per heavy atom. The highest BCUT2D eigenvalue weighted by Gasteiger charge is 2.09. The van der Waals surface area contributed by atoms with Gasteiger partial charge in [0, 0.05) is 18.1 Å². The number of aromatic nitrogens is 1. The molecule has 6 heteroatoms. The smallest absolute Gasteiger partial charge is 0.319 e. The van der Waals surface area contributed by atoms with Gasteiger partial charge in [-0.3, -0.25) is 4.79 Å². The second-order valence-corrected chi connectivity index (χ2v) is 5.46. The van der Waals surface area contributed by atoms with Crippen LogP contribution in [0.1, 0.15) is 11.1 Å². The zero-order valence-corrected chi connectivity index (χ0v) is 13.0. The minimum atomic E-state index is -0.503. The van der Waals surface area contributed by atoms with E-state index in [1.165, 1.54) is 18.3 Å². The number of para-hydroxylation sites is 1. The number of urea groups is 1. The summed E-state index contributed by atoms with van der Waals surface area (Å²) >= 11 is 0. The average molecular weight is 325 g/mol. The van der Waals surface area contributed by atoms with Gasteiger partial charge in [0.2, 0.25) is 5.43 Å². The summed E-state index contributed by atoms with van der Waals surface area (Å²) in [7, 11) is 0. The van der Waals surface area contributed by atoms with Crippen LogP contribution in [-0.2, 0) is 6.54 Å². The number of aromatic amines is 1. The molecule has 0 spiro atoms. The number of carbonyl (C=O) groups is 1. The van der Waals surface area contributed by atoms with Crippen LogP contribution in [0.4, 0.5) is 14.9 Å². The Balaban J connectivity index is 1.72. The minimum absolute atomic E-state index is 0.171. The van der Waals surface area contributed by atoms with E-state index in [0.717, 1.165) is 16.6 Å². The van der Waals surface area contributed by atoms with Crippen molar-refractivity contribution in [3.05, 3.63) is 75.8 Å². The summed E-state index contributed by atoms with van der Waals surface area (Å²) in [6.45, 7) is 2.14. The van der Waals surface area contributed by atoms with Crippen LogP contribution in [0.25, 0.3) is 10.9 Å². The molecule has 0 aliphatic carbocycles. The molecule has 3 rings (SSSR count). The molecule has 0 saturated heterocycles. The predicted octanol–water partition coefficient (Wildman–Crippen LogP) is 3.30. The molecule has 0 unspecified atom stereocenters. The topological polar surface area (TPSA) is 74.0 Å². The molecule has 0 aliphatic rings. The molecular formula is C18H16FN3O2. The van der Waals surface area contributed by atoms with Gasteiger partial charge in [-0.25, -0.2) is 9.18 Å². The summed E-state index contributed by atoms with van der Waals surface area (Å²) in [6, 6.07) is 10.7. The van der Waals surface area contributed by atoms with Gasteiger partial charge in [0.15, 0.2) is 0 Å². The van der Waals surface area contributed by atoms with Crippen LogP contribution in [0.5, 0.6) is 0 Å². The Kier molecular flexibility index (Phi) is 4.29. The van der Waals surface area contributed by atoms with Gasteiger partial charge in [-0.05, 0) is 36.2 Å². The third-order valence-corrected chi connectivity index (χ3v) is 3.74. The van der Waals surface area contributed by atoms with Crippen molar-refractivity contribution < 1.29 is 9.18 Å². The van der Waals surface area contributed by atoms with Gasteiger partial charge >= 0.3 is 6.03 Å². The summed E-state index contributed by atoms with van der Waals surface area (Å²) in [6.07, 6.45) is 1.48. The number of aryl methyl sites for hydroxylation is 1. The van der Waals surface area contributed by atoms with E-state index >= 15 is 0 Å². The zero-order valence-electron chi connectivity index (χ0n) is 13.0. The lowest BCUT2D eigenvalue weighted by molar-refractivity contribution is 0.251. The number of hydrogen-bond donors (Lipinski definition) is 3. The summed E-state index contributed by atoms with van der Waals surface area (Å²) < 4.78 is 12.8. The fourth-order valence-electron chi connectivity index (χ4n) is 2.45. The van der Waals surface area contributed by atoms with Crippen molar-refractivity contribution in [1.29, 1.82) is 0 Å². The number of pyridine rings is 1. The molecule has 24 heavy (non-hydrogen) atoms. The fraction of sp³-hybridized carbons (Fsp3) is 0.111. The number of nitrogens with one attached hydrogen (secondary N) is 3. The lowest BCUT2D eigenvalue weighted by Crippen LogP contribution is -2.30. The molecule has 0 radical (unpaired) electrons. The van der Waals surface area contributed by atoms with Crippen molar-refractivity contribution in [1.82, 2.24) is 10.3 Å². The second-order valence-electron chi connectivity index (χ2n) is 5.46. The Morgan fingerprint density at radius 3 is 2.67 bits per heavy atom. The van der Waals surface area contributed by atoms with Crippen molar-refractivity contribution in [2.24, 2.45) is 0 Å². The number of hydrogen-bond acceptors (Lipinski definition) is 2. The molecule has 1 aromatic heterocycles. The lowest BCUT2D eigenvalue weighted by atomic mass is 10.1. The molecule has 0 atom stereocenters. The van der Waals surface area contributed by atoms with Crippen LogP contribution in [0, 0.1) is 12.7 Å². The largest absolute Gasteiger partial charge is 0.359 e. The number of halogens is 1. The molecule has 5 nitrogen and oxygen atoms in total. The number of benzene rings is 2. The molecule has 3 aromatic rings. The Labute approximate surface area is 137 Å². The first-order valence-electron chi connectivity index (χ1n) is 7.45. The van der Waals surface area contributed by atoms with Gasteiger partial charge in [-0.2, -0.15) is 0 Å². The van der Waals surface area contributed by atoms with Gasteiger partial charge in [0.05, 0.1) is 5.52 Å². The van der Waals surface area contributed by atoms with Crippen LogP contribution in [0.2, 0.25) is 0 Å². The highest BCUT2D eigenvalue weighted by atomic mass is 19.1. The van der Waals surface area contributed by atoms with E-state index in [-0.39, 0.29) is 23.5 Å². The molecule has 0 aliphatic heterocycles. The molecule has 122 valence electrons. The third kappa shape index (κ3) is 3.27. The maximum atomic E-state index is 12.8. The maximum absolute atomic E-state index is 12.8. The van der Waals surface area contributed by atoms with Crippen molar-refractivity contribution in [3.63, 3.8) is 0 Å². The number of rotatable bonds is 3. The van der Waals surface area contributed by atoms with E-state index < -0.39 is 6.03 Å². The first-order chi connectivity index (χ1) is 11.5. The first kappa shape index (κ1) is 15.7. The highest BCUT2D eigenvalue weighted by molar-refractivity contribution is 5.92. The molecule has 0 bridgehead atoms. The number of H-pyrrole nitrogens is 1. The number of amides is 2. The molecule has 2 amide bonds. The van der Waals surface area contributed by atoms with Crippen LogP contribution < -0.4 is 16.1 Å². The Hall–Kier alpha value is -3.15. The van der Waals surface area contributed by atoms with Crippen molar-refractivity contribution in [3.8, 4) is 0 Å². The van der Waals surface area contributed by atoms with E-state index in [2.05, 4.69) is 15.6 Å². The Bertz CT molecular complexity index is 949. The van der Waals surface area contributed by atoms with Crippen LogP contribution in [-0.4, -0.2) is 11.0 Å². The summed E-state index contributed by atoms with van der Waals surface area (Å²) in [4.78, 5) is 27.4. The van der Waals surface area contributed by atoms with E-state index in [0.29, 0.717) is 5.39 Å². The molecule has 1 heterocycles. The average Bonchev–Trinajstić information content (AvgIpc) is 2.57. The van der Waals surface area contributed by atoms with Gasteiger partial charge in [-0.1, -0.05) is 24.3 Å². The third-order valence-electron chi connectivity index (χ3n) is 3.74. The summed E-state index contributed by atoms with van der Waals surface area (Å²) in [5.74, 6) is -0.332. The van der Waals surface area contributed by atoms with Crippen LogP contribution >= 0.6 is 0 Å². The van der Waals surface area contributed by atoms with E-state index in [4.69, 9.17) is 0 Å². The summed E-state index contributed by atoms with van der Waals surface area (Å²) in [5.41, 5.74) is 2.39. The molecule has 3 N–H and O–H groups in total. The predicted molar refractivity (Wildman–Crippen MR) is 91.6 cm³/mol. The van der Waals surface area contributed by atoms with Gasteiger partial charge in [0.1, 0.15) is 11.5 Å². The van der Waals surface area contributed by atoms with Gasteiger partial charge < -0.3 is 15.6 Å². The number of fused-ring (bicyclic) bond motifs is 1. The van der Waals surface area contributed by atoms with E-state index in [9.17, 15) is 14.0 Å².